The molecular weight excluding hydrogens is 270 g/mol. The summed E-state index contributed by atoms with van der Waals surface area (Å²) < 4.78 is 5.13. The molecule has 114 valence electrons. The van der Waals surface area contributed by atoms with Gasteiger partial charge in [-0.05, 0) is 31.5 Å². The minimum Gasteiger partial charge on any atom is -0.459 e. The smallest absolute Gasteiger partial charge is 0.289 e. The van der Waals surface area contributed by atoms with E-state index in [1.807, 2.05) is 4.90 Å². The number of hydrogen-bond donors (Lipinski definition) is 1. The zero-order valence-corrected chi connectivity index (χ0v) is 12.1. The van der Waals surface area contributed by atoms with Gasteiger partial charge in [-0.15, -0.1) is 0 Å². The lowest BCUT2D eigenvalue weighted by Crippen LogP contribution is -2.51. The van der Waals surface area contributed by atoms with Crippen LogP contribution in [0, 0.1) is 0 Å². The summed E-state index contributed by atoms with van der Waals surface area (Å²) in [6.45, 7) is 3.38. The fourth-order valence-electron chi connectivity index (χ4n) is 2.99. The largest absolute Gasteiger partial charge is 0.459 e. The van der Waals surface area contributed by atoms with E-state index in [0.717, 1.165) is 19.4 Å². The molecule has 2 saturated heterocycles. The van der Waals surface area contributed by atoms with E-state index in [0.29, 0.717) is 44.4 Å². The van der Waals surface area contributed by atoms with Crippen molar-refractivity contribution in [3.63, 3.8) is 0 Å². The number of amides is 2. The van der Waals surface area contributed by atoms with Gasteiger partial charge in [-0.1, -0.05) is 0 Å². The third-order valence-corrected chi connectivity index (χ3v) is 4.23. The van der Waals surface area contributed by atoms with Crippen molar-refractivity contribution in [2.45, 2.75) is 25.3 Å². The molecule has 6 heteroatoms. The number of rotatable bonds is 3. The molecule has 2 amide bonds. The maximum atomic E-state index is 12.2. The second-order valence-corrected chi connectivity index (χ2v) is 5.65. The van der Waals surface area contributed by atoms with Gasteiger partial charge in [0.25, 0.3) is 5.91 Å². The van der Waals surface area contributed by atoms with Crippen LogP contribution in [0.25, 0.3) is 0 Å². The lowest BCUT2D eigenvalue weighted by atomic mass is 10.1. The molecule has 0 radical (unpaired) electrons. The molecule has 2 aliphatic heterocycles. The van der Waals surface area contributed by atoms with E-state index in [1.165, 1.54) is 6.26 Å². The lowest BCUT2D eigenvalue weighted by Gasteiger charge is -2.34. The van der Waals surface area contributed by atoms with Crippen LogP contribution >= 0.6 is 0 Å². The van der Waals surface area contributed by atoms with Crippen molar-refractivity contribution in [3.8, 4) is 0 Å². The summed E-state index contributed by atoms with van der Waals surface area (Å²) in [5, 5.41) is 3.35. The summed E-state index contributed by atoms with van der Waals surface area (Å²) in [5.74, 6) is 0.467. The first-order valence-electron chi connectivity index (χ1n) is 7.58. The second kappa shape index (κ2) is 6.30. The summed E-state index contributed by atoms with van der Waals surface area (Å²) in [5.41, 5.74) is 0. The number of nitrogens with one attached hydrogen (secondary N) is 1. The van der Waals surface area contributed by atoms with Crippen LogP contribution in [-0.2, 0) is 4.79 Å². The van der Waals surface area contributed by atoms with Gasteiger partial charge in [0.05, 0.1) is 6.26 Å². The first kappa shape index (κ1) is 14.1. The van der Waals surface area contributed by atoms with Gasteiger partial charge in [0.1, 0.15) is 0 Å². The molecule has 0 saturated carbocycles. The summed E-state index contributed by atoms with van der Waals surface area (Å²) in [6, 6.07) is 3.72. The molecule has 3 heterocycles. The molecule has 1 N–H and O–H groups in total. The number of piperazine rings is 1. The molecule has 0 spiro atoms. The van der Waals surface area contributed by atoms with Crippen LogP contribution in [0.5, 0.6) is 0 Å². The van der Waals surface area contributed by atoms with Crippen LogP contribution in [0.1, 0.15) is 29.8 Å². The molecule has 1 atom stereocenters. The molecule has 2 aliphatic rings. The second-order valence-electron chi connectivity index (χ2n) is 5.65. The third kappa shape index (κ3) is 3.26. The van der Waals surface area contributed by atoms with Gasteiger partial charge < -0.3 is 19.5 Å². The predicted octanol–water partition coefficient (Wildman–Crippen LogP) is 0.706. The average Bonchev–Trinajstić information content (AvgIpc) is 3.20. The van der Waals surface area contributed by atoms with E-state index in [2.05, 4.69) is 5.32 Å². The van der Waals surface area contributed by atoms with Gasteiger partial charge in [0.2, 0.25) is 5.91 Å². The Labute approximate surface area is 124 Å². The highest BCUT2D eigenvalue weighted by atomic mass is 16.3. The number of carbonyl (C=O) groups excluding carboxylic acids is 2. The van der Waals surface area contributed by atoms with E-state index < -0.39 is 0 Å². The SMILES string of the molecule is O=C(CC1CCCN1)N1CCN(C(=O)c2ccco2)CC1. The van der Waals surface area contributed by atoms with E-state index in [9.17, 15) is 9.59 Å². The van der Waals surface area contributed by atoms with Crippen LogP contribution in [0.15, 0.2) is 22.8 Å². The van der Waals surface area contributed by atoms with E-state index in [4.69, 9.17) is 4.42 Å². The van der Waals surface area contributed by atoms with Crippen LogP contribution < -0.4 is 5.32 Å². The van der Waals surface area contributed by atoms with E-state index in [1.54, 1.807) is 17.0 Å². The van der Waals surface area contributed by atoms with Crippen molar-refractivity contribution in [1.29, 1.82) is 0 Å². The maximum Gasteiger partial charge on any atom is 0.289 e. The van der Waals surface area contributed by atoms with Crippen LogP contribution in [0.4, 0.5) is 0 Å². The van der Waals surface area contributed by atoms with Crippen molar-refractivity contribution in [2.24, 2.45) is 0 Å². The lowest BCUT2D eigenvalue weighted by molar-refractivity contribution is -0.133. The highest BCUT2D eigenvalue weighted by Crippen LogP contribution is 2.13. The third-order valence-electron chi connectivity index (χ3n) is 4.23. The zero-order valence-electron chi connectivity index (χ0n) is 12.1. The topological polar surface area (TPSA) is 65.8 Å². The predicted molar refractivity (Wildman–Crippen MR) is 76.8 cm³/mol. The first-order valence-corrected chi connectivity index (χ1v) is 7.58. The maximum absolute atomic E-state index is 12.2. The van der Waals surface area contributed by atoms with Crippen molar-refractivity contribution < 1.29 is 14.0 Å². The number of nitrogens with zero attached hydrogens (tertiary/aromatic N) is 2. The molecule has 21 heavy (non-hydrogen) atoms. The van der Waals surface area contributed by atoms with Gasteiger partial charge >= 0.3 is 0 Å². The Kier molecular flexibility index (Phi) is 4.24. The van der Waals surface area contributed by atoms with Crippen molar-refractivity contribution in [2.75, 3.05) is 32.7 Å². The minimum absolute atomic E-state index is 0.0930. The van der Waals surface area contributed by atoms with E-state index >= 15 is 0 Å². The quantitative estimate of drug-likeness (QED) is 0.890. The zero-order chi connectivity index (χ0) is 14.7. The van der Waals surface area contributed by atoms with Gasteiger partial charge in [-0.3, -0.25) is 9.59 Å². The fraction of sp³-hybridized carbons (Fsp3) is 0.600. The number of carbonyl (C=O) groups is 2. The Bertz CT molecular complexity index is 486. The Morgan fingerprint density at radius 1 is 1.24 bits per heavy atom. The standard InChI is InChI=1S/C15H21N3O3/c19-14(11-12-3-1-5-16-12)17-6-8-18(9-7-17)15(20)13-4-2-10-21-13/h2,4,10,12,16H,1,3,5-9,11H2. The Morgan fingerprint density at radius 3 is 2.62 bits per heavy atom. The molecule has 3 rings (SSSR count). The summed E-state index contributed by atoms with van der Waals surface area (Å²) >= 11 is 0. The van der Waals surface area contributed by atoms with Crippen LogP contribution in [-0.4, -0.2) is 60.4 Å². The van der Waals surface area contributed by atoms with Crippen LogP contribution in [0.2, 0.25) is 0 Å². The van der Waals surface area contributed by atoms with Crippen molar-refractivity contribution in [3.05, 3.63) is 24.2 Å². The van der Waals surface area contributed by atoms with Gasteiger partial charge in [0, 0.05) is 38.6 Å². The number of furan rings is 1. The monoisotopic (exact) mass is 291 g/mol. The molecule has 2 fully saturated rings. The molecule has 1 aromatic heterocycles. The molecular formula is C15H21N3O3. The minimum atomic E-state index is -0.0930. The van der Waals surface area contributed by atoms with Gasteiger partial charge in [-0.2, -0.15) is 0 Å². The van der Waals surface area contributed by atoms with E-state index in [-0.39, 0.29) is 11.8 Å². The average molecular weight is 291 g/mol. The number of hydrogen-bond acceptors (Lipinski definition) is 4. The van der Waals surface area contributed by atoms with Crippen molar-refractivity contribution in [1.82, 2.24) is 15.1 Å². The fourth-order valence-corrected chi connectivity index (χ4v) is 2.99. The molecule has 6 nitrogen and oxygen atoms in total. The highest BCUT2D eigenvalue weighted by Gasteiger charge is 2.27. The normalized spacial score (nSPS) is 22.6. The summed E-state index contributed by atoms with van der Waals surface area (Å²) in [4.78, 5) is 28.0. The first-order chi connectivity index (χ1) is 10.2. The Hall–Kier alpha value is -1.82. The molecule has 0 aromatic carbocycles. The van der Waals surface area contributed by atoms with Crippen LogP contribution in [0.3, 0.4) is 0 Å². The molecule has 1 aromatic rings. The highest BCUT2D eigenvalue weighted by molar-refractivity contribution is 5.91. The van der Waals surface area contributed by atoms with Crippen molar-refractivity contribution >= 4 is 11.8 Å². The summed E-state index contributed by atoms with van der Waals surface area (Å²) in [6.07, 6.45) is 4.32. The molecule has 1 unspecified atom stereocenters. The van der Waals surface area contributed by atoms with Gasteiger partial charge in [0.15, 0.2) is 5.76 Å². The van der Waals surface area contributed by atoms with Gasteiger partial charge in [-0.25, -0.2) is 0 Å². The molecule has 0 aliphatic carbocycles. The molecule has 0 bridgehead atoms. The Balaban J connectivity index is 1.48. The Morgan fingerprint density at radius 2 is 2.00 bits per heavy atom. The summed E-state index contributed by atoms with van der Waals surface area (Å²) in [7, 11) is 0.